The maximum Gasteiger partial charge on any atom is 0.0503 e. The fraction of sp³-hybridized carbons (Fsp3) is 1.00. The van der Waals surface area contributed by atoms with E-state index in [1.165, 1.54) is 58.0 Å². The van der Waals surface area contributed by atoms with Gasteiger partial charge in [-0.1, -0.05) is 39.0 Å². The molecule has 18 heavy (non-hydrogen) atoms. The third-order valence-electron chi connectivity index (χ3n) is 4.15. The number of methoxy groups -OCH3 is 1. The van der Waals surface area contributed by atoms with Gasteiger partial charge in [0.25, 0.3) is 0 Å². The van der Waals surface area contributed by atoms with Crippen molar-refractivity contribution >= 4 is 0 Å². The first-order valence-corrected chi connectivity index (χ1v) is 7.74. The van der Waals surface area contributed by atoms with E-state index >= 15 is 0 Å². The Kier molecular flexibility index (Phi) is 8.64. The minimum absolute atomic E-state index is 0.605. The molecular weight excluding hydrogens is 224 g/mol. The second-order valence-corrected chi connectivity index (χ2v) is 5.70. The van der Waals surface area contributed by atoms with E-state index in [1.807, 2.05) is 0 Å². The van der Waals surface area contributed by atoms with Crippen LogP contribution in [0.5, 0.6) is 0 Å². The largest absolute Gasteiger partial charge is 0.384 e. The molecule has 2 N–H and O–H groups in total. The van der Waals surface area contributed by atoms with E-state index in [9.17, 15) is 0 Å². The summed E-state index contributed by atoms with van der Waals surface area (Å²) >= 11 is 0. The Balaban J connectivity index is 2.16. The molecule has 1 aliphatic heterocycles. The van der Waals surface area contributed by atoms with Crippen molar-refractivity contribution in [2.45, 2.75) is 57.9 Å². The number of ether oxygens (including phenoxy) is 1. The molecule has 0 bridgehead atoms. The van der Waals surface area contributed by atoms with Crippen molar-refractivity contribution in [2.75, 3.05) is 33.4 Å². The molecule has 0 radical (unpaired) electrons. The molecule has 3 heteroatoms. The van der Waals surface area contributed by atoms with Gasteiger partial charge >= 0.3 is 0 Å². The number of likely N-dealkylation sites (tertiary alicyclic amines) is 1. The van der Waals surface area contributed by atoms with E-state index in [0.29, 0.717) is 6.04 Å². The number of rotatable bonds is 10. The van der Waals surface area contributed by atoms with Crippen LogP contribution >= 0.6 is 0 Å². The summed E-state index contributed by atoms with van der Waals surface area (Å²) in [5.41, 5.74) is 5.94. The van der Waals surface area contributed by atoms with Gasteiger partial charge in [-0.3, -0.25) is 4.90 Å². The lowest BCUT2D eigenvalue weighted by Crippen LogP contribution is -2.39. The molecule has 3 nitrogen and oxygen atoms in total. The van der Waals surface area contributed by atoms with E-state index < -0.39 is 0 Å². The van der Waals surface area contributed by atoms with Crippen LogP contribution in [0.25, 0.3) is 0 Å². The lowest BCUT2D eigenvalue weighted by Gasteiger charge is -2.26. The Morgan fingerprint density at radius 1 is 1.28 bits per heavy atom. The van der Waals surface area contributed by atoms with Crippen LogP contribution in [-0.2, 0) is 4.74 Å². The highest BCUT2D eigenvalue weighted by molar-refractivity contribution is 4.82. The minimum atomic E-state index is 0.605. The Hall–Kier alpha value is -0.120. The van der Waals surface area contributed by atoms with E-state index in [0.717, 1.165) is 19.1 Å². The maximum absolute atomic E-state index is 5.94. The monoisotopic (exact) mass is 256 g/mol. The van der Waals surface area contributed by atoms with Gasteiger partial charge in [0.15, 0.2) is 0 Å². The zero-order valence-corrected chi connectivity index (χ0v) is 12.4. The van der Waals surface area contributed by atoms with Gasteiger partial charge in [0, 0.05) is 26.2 Å². The van der Waals surface area contributed by atoms with Crippen molar-refractivity contribution in [1.82, 2.24) is 4.90 Å². The SMILES string of the molecule is CCCCCCCC(CN)N1CCC(COC)C1. The van der Waals surface area contributed by atoms with Crippen molar-refractivity contribution in [3.05, 3.63) is 0 Å². The van der Waals surface area contributed by atoms with Gasteiger partial charge < -0.3 is 10.5 Å². The molecule has 0 aliphatic carbocycles. The van der Waals surface area contributed by atoms with Crippen LogP contribution in [0, 0.1) is 5.92 Å². The third-order valence-corrected chi connectivity index (χ3v) is 4.15. The average Bonchev–Trinajstić information content (AvgIpc) is 2.83. The van der Waals surface area contributed by atoms with E-state index in [-0.39, 0.29) is 0 Å². The Labute approximate surface area is 113 Å². The zero-order valence-electron chi connectivity index (χ0n) is 12.4. The van der Waals surface area contributed by atoms with Gasteiger partial charge in [-0.25, -0.2) is 0 Å². The van der Waals surface area contributed by atoms with Gasteiger partial charge in [0.1, 0.15) is 0 Å². The smallest absolute Gasteiger partial charge is 0.0503 e. The topological polar surface area (TPSA) is 38.5 Å². The predicted molar refractivity (Wildman–Crippen MR) is 77.8 cm³/mol. The van der Waals surface area contributed by atoms with Crippen molar-refractivity contribution < 1.29 is 4.74 Å². The fourth-order valence-corrected chi connectivity index (χ4v) is 3.00. The molecule has 1 heterocycles. The van der Waals surface area contributed by atoms with Gasteiger partial charge in [-0.15, -0.1) is 0 Å². The summed E-state index contributed by atoms with van der Waals surface area (Å²) < 4.78 is 5.25. The number of unbranched alkanes of at least 4 members (excludes halogenated alkanes) is 4. The fourth-order valence-electron chi connectivity index (χ4n) is 3.00. The summed E-state index contributed by atoms with van der Waals surface area (Å²) in [5, 5.41) is 0. The summed E-state index contributed by atoms with van der Waals surface area (Å²) in [4.78, 5) is 2.59. The van der Waals surface area contributed by atoms with E-state index in [4.69, 9.17) is 10.5 Å². The highest BCUT2D eigenvalue weighted by Crippen LogP contribution is 2.21. The molecule has 0 amide bonds. The summed E-state index contributed by atoms with van der Waals surface area (Å²) in [6.45, 7) is 6.39. The molecule has 0 aromatic heterocycles. The van der Waals surface area contributed by atoms with Crippen LogP contribution in [0.15, 0.2) is 0 Å². The molecule has 108 valence electrons. The van der Waals surface area contributed by atoms with Gasteiger partial charge in [-0.2, -0.15) is 0 Å². The molecule has 1 rings (SSSR count). The Bertz CT molecular complexity index is 199. The summed E-state index contributed by atoms with van der Waals surface area (Å²) in [5.74, 6) is 0.726. The quantitative estimate of drug-likeness (QED) is 0.611. The van der Waals surface area contributed by atoms with Gasteiger partial charge in [0.2, 0.25) is 0 Å². The van der Waals surface area contributed by atoms with Crippen LogP contribution in [0.2, 0.25) is 0 Å². The standard InChI is InChI=1S/C15H32N2O/c1-3-4-5-6-7-8-15(11-16)17-10-9-14(12-17)13-18-2/h14-15H,3-13,16H2,1-2H3. The molecule has 2 unspecified atom stereocenters. The van der Waals surface area contributed by atoms with Crippen molar-refractivity contribution in [2.24, 2.45) is 11.7 Å². The lowest BCUT2D eigenvalue weighted by atomic mass is 10.1. The zero-order chi connectivity index (χ0) is 13.2. The predicted octanol–water partition coefficient (Wildman–Crippen LogP) is 2.64. The number of nitrogens with zero attached hydrogens (tertiary/aromatic N) is 1. The summed E-state index contributed by atoms with van der Waals surface area (Å²) in [7, 11) is 1.80. The van der Waals surface area contributed by atoms with Gasteiger partial charge in [0.05, 0.1) is 6.61 Å². The molecule has 1 saturated heterocycles. The van der Waals surface area contributed by atoms with Crippen LogP contribution in [0.3, 0.4) is 0 Å². The first-order valence-electron chi connectivity index (χ1n) is 7.74. The normalized spacial score (nSPS) is 22.5. The van der Waals surface area contributed by atoms with Crippen LogP contribution in [0.1, 0.15) is 51.9 Å². The highest BCUT2D eigenvalue weighted by Gasteiger charge is 2.26. The van der Waals surface area contributed by atoms with Crippen molar-refractivity contribution in [1.29, 1.82) is 0 Å². The molecule has 0 saturated carbocycles. The Morgan fingerprint density at radius 2 is 2.06 bits per heavy atom. The molecule has 0 aromatic carbocycles. The number of hydrogen-bond donors (Lipinski definition) is 1. The average molecular weight is 256 g/mol. The number of nitrogens with two attached hydrogens (primary N) is 1. The number of hydrogen-bond acceptors (Lipinski definition) is 3. The summed E-state index contributed by atoms with van der Waals surface area (Å²) in [6.07, 6.45) is 9.37. The minimum Gasteiger partial charge on any atom is -0.384 e. The molecule has 1 fully saturated rings. The van der Waals surface area contributed by atoms with Crippen molar-refractivity contribution in [3.63, 3.8) is 0 Å². The second-order valence-electron chi connectivity index (χ2n) is 5.70. The molecule has 0 spiro atoms. The third kappa shape index (κ3) is 5.68. The first-order chi connectivity index (χ1) is 8.81. The van der Waals surface area contributed by atoms with Crippen molar-refractivity contribution in [3.8, 4) is 0 Å². The van der Waals surface area contributed by atoms with Crippen LogP contribution < -0.4 is 5.73 Å². The van der Waals surface area contributed by atoms with Gasteiger partial charge in [-0.05, 0) is 25.3 Å². The first kappa shape index (κ1) is 15.9. The second kappa shape index (κ2) is 9.76. The van der Waals surface area contributed by atoms with E-state index in [2.05, 4.69) is 11.8 Å². The van der Waals surface area contributed by atoms with Crippen LogP contribution in [-0.4, -0.2) is 44.3 Å². The van der Waals surface area contributed by atoms with E-state index in [1.54, 1.807) is 7.11 Å². The summed E-state index contributed by atoms with van der Waals surface area (Å²) in [6, 6.07) is 0.605. The highest BCUT2D eigenvalue weighted by atomic mass is 16.5. The van der Waals surface area contributed by atoms with Crippen LogP contribution in [0.4, 0.5) is 0 Å². The lowest BCUT2D eigenvalue weighted by molar-refractivity contribution is 0.145. The molecule has 0 aromatic rings. The molecule has 2 atom stereocenters. The maximum atomic E-state index is 5.94. The Morgan fingerprint density at radius 3 is 2.72 bits per heavy atom. The molecule has 1 aliphatic rings. The molecular formula is C15H32N2O.